The van der Waals surface area contributed by atoms with Crippen molar-refractivity contribution in [3.8, 4) is 17.2 Å². The van der Waals surface area contributed by atoms with Crippen LogP contribution in [0.1, 0.15) is 21.5 Å². The average molecular weight is 544 g/mol. The molecule has 0 fully saturated rings. The molecule has 0 atom stereocenters. The highest BCUT2D eigenvalue weighted by molar-refractivity contribution is 6.32. The maximum absolute atomic E-state index is 12.6. The van der Waals surface area contributed by atoms with Crippen molar-refractivity contribution in [1.82, 2.24) is 5.43 Å². The van der Waals surface area contributed by atoms with Crippen LogP contribution in [-0.2, 0) is 11.4 Å². The largest absolute Gasteiger partial charge is 0.493 e. The molecule has 39 heavy (non-hydrogen) atoms. The number of nitrogens with one attached hydrogen (secondary N) is 2. The standard InChI is InChI=1S/C30H26ClN3O5/c1-37-28-17-23(13-15-27(28)38-19-21-8-4-2-5-9-21)30(36)34-32-18-22-12-14-26(25(31)16-22)39-20-29(35)33-24-10-6-3-7-11-24/h2-18H,19-20H2,1H3,(H,33,35)(H,34,36)/b32-18+. The maximum Gasteiger partial charge on any atom is 0.271 e. The van der Waals surface area contributed by atoms with Crippen LogP contribution in [-0.4, -0.2) is 31.7 Å². The van der Waals surface area contributed by atoms with Gasteiger partial charge in [0.25, 0.3) is 11.8 Å². The van der Waals surface area contributed by atoms with Crippen molar-refractivity contribution in [2.45, 2.75) is 6.61 Å². The summed E-state index contributed by atoms with van der Waals surface area (Å²) < 4.78 is 16.7. The van der Waals surface area contributed by atoms with Crippen molar-refractivity contribution in [3.63, 3.8) is 0 Å². The molecule has 0 radical (unpaired) electrons. The zero-order valence-corrected chi connectivity index (χ0v) is 21.9. The topological polar surface area (TPSA) is 98.3 Å². The van der Waals surface area contributed by atoms with Crippen molar-refractivity contribution < 1.29 is 23.8 Å². The minimum absolute atomic E-state index is 0.197. The second-order valence-electron chi connectivity index (χ2n) is 8.23. The van der Waals surface area contributed by atoms with E-state index in [-0.39, 0.29) is 12.5 Å². The Kier molecular flexibility index (Phi) is 9.52. The number of hydrogen-bond donors (Lipinski definition) is 2. The molecule has 8 nitrogen and oxygen atoms in total. The molecule has 0 spiro atoms. The van der Waals surface area contributed by atoms with Gasteiger partial charge in [-0.15, -0.1) is 0 Å². The van der Waals surface area contributed by atoms with Gasteiger partial charge >= 0.3 is 0 Å². The van der Waals surface area contributed by atoms with E-state index in [1.807, 2.05) is 48.5 Å². The molecular weight excluding hydrogens is 518 g/mol. The number of halogens is 1. The van der Waals surface area contributed by atoms with Crippen LogP contribution in [0.4, 0.5) is 5.69 Å². The van der Waals surface area contributed by atoms with Gasteiger partial charge in [0.05, 0.1) is 18.3 Å². The molecule has 0 saturated heterocycles. The van der Waals surface area contributed by atoms with Crippen molar-refractivity contribution in [1.29, 1.82) is 0 Å². The minimum Gasteiger partial charge on any atom is -0.493 e. The number of nitrogens with zero attached hydrogens (tertiary/aromatic N) is 1. The van der Waals surface area contributed by atoms with Crippen LogP contribution < -0.4 is 25.0 Å². The lowest BCUT2D eigenvalue weighted by Gasteiger charge is -2.12. The first-order chi connectivity index (χ1) is 19.0. The number of para-hydroxylation sites is 1. The summed E-state index contributed by atoms with van der Waals surface area (Å²) in [7, 11) is 1.51. The monoisotopic (exact) mass is 543 g/mol. The summed E-state index contributed by atoms with van der Waals surface area (Å²) in [5, 5.41) is 7.04. The Bertz CT molecular complexity index is 1450. The number of hydrazone groups is 1. The molecule has 198 valence electrons. The minimum atomic E-state index is -0.422. The van der Waals surface area contributed by atoms with E-state index in [4.69, 9.17) is 25.8 Å². The Balaban J connectivity index is 1.29. The zero-order chi connectivity index (χ0) is 27.5. The molecule has 2 N–H and O–H groups in total. The van der Waals surface area contributed by atoms with Gasteiger partial charge in [-0.3, -0.25) is 9.59 Å². The smallest absolute Gasteiger partial charge is 0.271 e. The van der Waals surface area contributed by atoms with E-state index in [0.29, 0.717) is 45.7 Å². The number of ether oxygens (including phenoxy) is 3. The average Bonchev–Trinajstić information content (AvgIpc) is 2.96. The summed E-state index contributed by atoms with van der Waals surface area (Å²) in [6, 6.07) is 28.7. The van der Waals surface area contributed by atoms with E-state index in [1.165, 1.54) is 13.3 Å². The summed E-state index contributed by atoms with van der Waals surface area (Å²) >= 11 is 6.29. The van der Waals surface area contributed by atoms with E-state index < -0.39 is 5.91 Å². The van der Waals surface area contributed by atoms with Gasteiger partial charge in [-0.1, -0.05) is 60.1 Å². The predicted molar refractivity (Wildman–Crippen MR) is 151 cm³/mol. The number of rotatable bonds is 11. The fraction of sp³-hybridized carbons (Fsp3) is 0.100. The second kappa shape index (κ2) is 13.6. The summed E-state index contributed by atoms with van der Waals surface area (Å²) in [6.07, 6.45) is 1.45. The van der Waals surface area contributed by atoms with Gasteiger partial charge in [0.15, 0.2) is 18.1 Å². The summed E-state index contributed by atoms with van der Waals surface area (Å²) in [6.45, 7) is 0.179. The van der Waals surface area contributed by atoms with Crippen LogP contribution in [0.5, 0.6) is 17.2 Å². The molecular formula is C30H26ClN3O5. The van der Waals surface area contributed by atoms with Gasteiger partial charge < -0.3 is 19.5 Å². The zero-order valence-electron chi connectivity index (χ0n) is 21.1. The lowest BCUT2D eigenvalue weighted by molar-refractivity contribution is -0.118. The second-order valence-corrected chi connectivity index (χ2v) is 8.64. The first kappa shape index (κ1) is 27.2. The normalized spacial score (nSPS) is 10.6. The lowest BCUT2D eigenvalue weighted by Crippen LogP contribution is -2.20. The van der Waals surface area contributed by atoms with Crippen LogP contribution in [0.25, 0.3) is 0 Å². The molecule has 0 aromatic heterocycles. The molecule has 9 heteroatoms. The van der Waals surface area contributed by atoms with Gasteiger partial charge in [0.1, 0.15) is 12.4 Å². The van der Waals surface area contributed by atoms with E-state index >= 15 is 0 Å². The molecule has 4 aromatic carbocycles. The predicted octanol–water partition coefficient (Wildman–Crippen LogP) is 5.71. The van der Waals surface area contributed by atoms with Crippen LogP contribution in [0.3, 0.4) is 0 Å². The Morgan fingerprint density at radius 1 is 0.846 bits per heavy atom. The van der Waals surface area contributed by atoms with Crippen LogP contribution in [0.2, 0.25) is 5.02 Å². The highest BCUT2D eigenvalue weighted by Crippen LogP contribution is 2.29. The molecule has 0 aliphatic rings. The third-order valence-electron chi connectivity index (χ3n) is 5.41. The van der Waals surface area contributed by atoms with Gasteiger partial charge in [0.2, 0.25) is 0 Å². The van der Waals surface area contributed by atoms with Crippen molar-refractivity contribution >= 4 is 35.3 Å². The van der Waals surface area contributed by atoms with Crippen molar-refractivity contribution in [3.05, 3.63) is 119 Å². The third kappa shape index (κ3) is 8.08. The molecule has 0 bridgehead atoms. The number of methoxy groups -OCH3 is 1. The van der Waals surface area contributed by atoms with Gasteiger partial charge in [0, 0.05) is 11.3 Å². The van der Waals surface area contributed by atoms with E-state index in [2.05, 4.69) is 15.8 Å². The van der Waals surface area contributed by atoms with E-state index in [9.17, 15) is 9.59 Å². The molecule has 4 rings (SSSR count). The molecule has 2 amide bonds. The van der Waals surface area contributed by atoms with Crippen molar-refractivity contribution in [2.75, 3.05) is 19.0 Å². The van der Waals surface area contributed by atoms with Crippen LogP contribution in [0, 0.1) is 0 Å². The number of benzene rings is 4. The Labute approximate surface area is 231 Å². The lowest BCUT2D eigenvalue weighted by atomic mass is 10.2. The SMILES string of the molecule is COc1cc(C(=O)N/N=C/c2ccc(OCC(=O)Nc3ccccc3)c(Cl)c2)ccc1OCc1ccccc1. The highest BCUT2D eigenvalue weighted by atomic mass is 35.5. The first-order valence-corrected chi connectivity index (χ1v) is 12.3. The number of hydrogen-bond acceptors (Lipinski definition) is 6. The highest BCUT2D eigenvalue weighted by Gasteiger charge is 2.12. The van der Waals surface area contributed by atoms with Gasteiger partial charge in [-0.2, -0.15) is 5.10 Å². The van der Waals surface area contributed by atoms with Gasteiger partial charge in [-0.05, 0) is 59.7 Å². The molecule has 4 aromatic rings. The number of carbonyl (C=O) groups is 2. The quantitative estimate of drug-likeness (QED) is 0.186. The number of carbonyl (C=O) groups excluding carboxylic acids is 2. The fourth-order valence-electron chi connectivity index (χ4n) is 3.47. The molecule has 0 aliphatic carbocycles. The molecule has 0 heterocycles. The Hall–Kier alpha value is -4.82. The van der Waals surface area contributed by atoms with Crippen LogP contribution in [0.15, 0.2) is 102 Å². The molecule has 0 saturated carbocycles. The van der Waals surface area contributed by atoms with Crippen molar-refractivity contribution in [2.24, 2.45) is 5.10 Å². The fourth-order valence-corrected chi connectivity index (χ4v) is 3.71. The van der Waals surface area contributed by atoms with E-state index in [0.717, 1.165) is 5.56 Å². The first-order valence-electron chi connectivity index (χ1n) is 12.0. The molecule has 0 unspecified atom stereocenters. The Morgan fingerprint density at radius 3 is 2.28 bits per heavy atom. The summed E-state index contributed by atoms with van der Waals surface area (Å²) in [4.78, 5) is 24.7. The summed E-state index contributed by atoms with van der Waals surface area (Å²) in [5.74, 6) is 0.577. The number of amides is 2. The third-order valence-corrected chi connectivity index (χ3v) is 5.71. The van der Waals surface area contributed by atoms with E-state index in [1.54, 1.807) is 48.5 Å². The number of anilines is 1. The summed E-state index contributed by atoms with van der Waals surface area (Å²) in [5.41, 5.74) is 5.16. The maximum atomic E-state index is 12.6. The van der Waals surface area contributed by atoms with Crippen LogP contribution >= 0.6 is 11.6 Å². The van der Waals surface area contributed by atoms with Gasteiger partial charge in [-0.25, -0.2) is 5.43 Å². The molecule has 0 aliphatic heterocycles. The Morgan fingerprint density at radius 2 is 1.56 bits per heavy atom.